The van der Waals surface area contributed by atoms with Crippen molar-refractivity contribution in [1.82, 2.24) is 20.5 Å². The Kier molecular flexibility index (Phi) is 4.56. The van der Waals surface area contributed by atoms with Crippen LogP contribution in [0.3, 0.4) is 0 Å². The van der Waals surface area contributed by atoms with Gasteiger partial charge in [0, 0.05) is 41.2 Å². The van der Waals surface area contributed by atoms with Crippen molar-refractivity contribution in [2.75, 3.05) is 6.61 Å². The van der Waals surface area contributed by atoms with Crippen molar-refractivity contribution in [3.63, 3.8) is 0 Å². The molecule has 0 saturated heterocycles. The maximum absolute atomic E-state index is 14.1. The SMILES string of the molecule is CC(=O)c1cnc(OC(=O)NCc2c(F)ccc3c2CCO3)c2cnncc12. The molecule has 0 fully saturated rings. The second-order valence-electron chi connectivity index (χ2n) is 6.19. The molecule has 0 radical (unpaired) electrons. The number of carbonyl (C=O) groups is 2. The van der Waals surface area contributed by atoms with Crippen LogP contribution in [0, 0.1) is 5.82 Å². The van der Waals surface area contributed by atoms with Crippen LogP contribution in [0.25, 0.3) is 10.8 Å². The summed E-state index contributed by atoms with van der Waals surface area (Å²) < 4.78 is 24.8. The van der Waals surface area contributed by atoms with E-state index in [0.717, 1.165) is 5.56 Å². The first kappa shape index (κ1) is 17.8. The highest BCUT2D eigenvalue weighted by Gasteiger charge is 2.20. The van der Waals surface area contributed by atoms with Crippen LogP contribution in [0.4, 0.5) is 9.18 Å². The zero-order valence-corrected chi connectivity index (χ0v) is 14.9. The summed E-state index contributed by atoms with van der Waals surface area (Å²) in [4.78, 5) is 28.0. The molecule has 28 heavy (non-hydrogen) atoms. The Hall–Kier alpha value is -3.62. The quantitative estimate of drug-likeness (QED) is 0.692. The van der Waals surface area contributed by atoms with Gasteiger partial charge in [0.05, 0.1) is 24.4 Å². The minimum Gasteiger partial charge on any atom is -0.493 e. The standard InChI is InChI=1S/C19H15FN4O4/c1-10(25)12-6-21-18(15-9-24-23-8-13(12)15)28-19(26)22-7-14-11-4-5-27-17(11)3-2-16(14)20/h2-3,6,8-9H,4-5,7H2,1H3,(H,22,26). The van der Waals surface area contributed by atoms with Crippen LogP contribution in [0.2, 0.25) is 0 Å². The monoisotopic (exact) mass is 382 g/mol. The molecule has 0 aliphatic carbocycles. The van der Waals surface area contributed by atoms with E-state index in [-0.39, 0.29) is 18.2 Å². The summed E-state index contributed by atoms with van der Waals surface area (Å²) >= 11 is 0. The van der Waals surface area contributed by atoms with Crippen molar-refractivity contribution in [2.24, 2.45) is 0 Å². The van der Waals surface area contributed by atoms with Gasteiger partial charge < -0.3 is 14.8 Å². The Morgan fingerprint density at radius 1 is 1.21 bits per heavy atom. The molecule has 0 unspecified atom stereocenters. The number of rotatable bonds is 4. The van der Waals surface area contributed by atoms with E-state index in [1.165, 1.54) is 31.6 Å². The van der Waals surface area contributed by atoms with Gasteiger partial charge in [-0.25, -0.2) is 14.2 Å². The van der Waals surface area contributed by atoms with E-state index in [0.29, 0.717) is 40.7 Å². The second-order valence-corrected chi connectivity index (χ2v) is 6.19. The summed E-state index contributed by atoms with van der Waals surface area (Å²) in [6.45, 7) is 1.83. The molecule has 0 saturated carbocycles. The Bertz CT molecular complexity index is 1100. The van der Waals surface area contributed by atoms with Gasteiger partial charge in [-0.15, -0.1) is 0 Å². The first-order valence-electron chi connectivity index (χ1n) is 8.53. The van der Waals surface area contributed by atoms with E-state index >= 15 is 0 Å². The second kappa shape index (κ2) is 7.18. The minimum absolute atomic E-state index is 0.0190. The molecule has 1 aliphatic heterocycles. The van der Waals surface area contributed by atoms with Gasteiger partial charge in [0.25, 0.3) is 0 Å². The highest BCUT2D eigenvalue weighted by molar-refractivity contribution is 6.07. The van der Waals surface area contributed by atoms with Gasteiger partial charge >= 0.3 is 6.09 Å². The fourth-order valence-electron chi connectivity index (χ4n) is 3.12. The molecule has 1 aromatic carbocycles. The van der Waals surface area contributed by atoms with Gasteiger partial charge in [0.15, 0.2) is 5.78 Å². The predicted octanol–water partition coefficient (Wildman–Crippen LogP) is 2.59. The van der Waals surface area contributed by atoms with E-state index in [9.17, 15) is 14.0 Å². The number of pyridine rings is 1. The Morgan fingerprint density at radius 2 is 2.00 bits per heavy atom. The molecule has 9 heteroatoms. The highest BCUT2D eigenvalue weighted by Crippen LogP contribution is 2.30. The lowest BCUT2D eigenvalue weighted by Gasteiger charge is -2.11. The molecule has 142 valence electrons. The molecular formula is C19H15FN4O4. The van der Waals surface area contributed by atoms with Crippen LogP contribution in [0.15, 0.2) is 30.7 Å². The summed E-state index contributed by atoms with van der Waals surface area (Å²) in [5, 5.41) is 10.9. The lowest BCUT2D eigenvalue weighted by molar-refractivity contribution is 0.101. The number of nitrogens with one attached hydrogen (secondary N) is 1. The summed E-state index contributed by atoms with van der Waals surface area (Å²) in [6, 6.07) is 2.88. The Labute approximate surface area is 158 Å². The van der Waals surface area contributed by atoms with E-state index in [2.05, 4.69) is 20.5 Å². The van der Waals surface area contributed by atoms with Crippen molar-refractivity contribution in [3.8, 4) is 11.6 Å². The van der Waals surface area contributed by atoms with Crippen LogP contribution in [-0.4, -0.2) is 33.7 Å². The summed E-state index contributed by atoms with van der Waals surface area (Å²) in [7, 11) is 0. The van der Waals surface area contributed by atoms with Crippen molar-refractivity contribution in [2.45, 2.75) is 19.9 Å². The number of fused-ring (bicyclic) bond motifs is 2. The number of aromatic nitrogens is 3. The van der Waals surface area contributed by atoms with E-state index in [4.69, 9.17) is 9.47 Å². The molecule has 0 bridgehead atoms. The van der Waals surface area contributed by atoms with Gasteiger partial charge in [-0.1, -0.05) is 0 Å². The van der Waals surface area contributed by atoms with Crippen molar-refractivity contribution in [3.05, 3.63) is 53.2 Å². The maximum atomic E-state index is 14.1. The number of nitrogens with zero attached hydrogens (tertiary/aromatic N) is 3. The summed E-state index contributed by atoms with van der Waals surface area (Å²) in [6.07, 6.45) is 3.85. The smallest absolute Gasteiger partial charge is 0.414 e. The lowest BCUT2D eigenvalue weighted by atomic mass is 10.0. The van der Waals surface area contributed by atoms with Gasteiger partial charge in [-0.05, 0) is 19.1 Å². The largest absolute Gasteiger partial charge is 0.493 e. The molecule has 0 spiro atoms. The Morgan fingerprint density at radius 3 is 2.79 bits per heavy atom. The molecule has 2 aromatic heterocycles. The van der Waals surface area contributed by atoms with E-state index in [1.54, 1.807) is 6.07 Å². The first-order valence-corrected chi connectivity index (χ1v) is 8.53. The molecule has 1 N–H and O–H groups in total. The van der Waals surface area contributed by atoms with Crippen LogP contribution in [0.5, 0.6) is 11.6 Å². The van der Waals surface area contributed by atoms with Gasteiger partial charge in [-0.3, -0.25) is 4.79 Å². The average molecular weight is 382 g/mol. The van der Waals surface area contributed by atoms with Gasteiger partial charge in [-0.2, -0.15) is 10.2 Å². The van der Waals surface area contributed by atoms with Crippen molar-refractivity contribution >= 4 is 22.6 Å². The zero-order chi connectivity index (χ0) is 19.7. The molecule has 4 rings (SSSR count). The van der Waals surface area contributed by atoms with E-state index in [1.807, 2.05) is 0 Å². The zero-order valence-electron chi connectivity index (χ0n) is 14.9. The third-order valence-corrected chi connectivity index (χ3v) is 4.48. The van der Waals surface area contributed by atoms with E-state index < -0.39 is 11.9 Å². The summed E-state index contributed by atoms with van der Waals surface area (Å²) in [5.41, 5.74) is 1.45. The maximum Gasteiger partial charge on any atom is 0.414 e. The molecule has 3 heterocycles. The molecule has 1 aliphatic rings. The van der Waals surface area contributed by atoms with Crippen molar-refractivity contribution < 1.29 is 23.5 Å². The summed E-state index contributed by atoms with van der Waals surface area (Å²) in [5.74, 6) is -0.0153. The van der Waals surface area contributed by atoms with Crippen LogP contribution in [-0.2, 0) is 13.0 Å². The molecule has 3 aromatic rings. The van der Waals surface area contributed by atoms with Gasteiger partial charge in [0.2, 0.25) is 5.88 Å². The third-order valence-electron chi connectivity index (χ3n) is 4.48. The highest BCUT2D eigenvalue weighted by atomic mass is 19.1. The number of amides is 1. The molecule has 1 amide bonds. The Balaban J connectivity index is 1.53. The van der Waals surface area contributed by atoms with Crippen LogP contribution in [0.1, 0.15) is 28.4 Å². The number of ether oxygens (including phenoxy) is 2. The van der Waals surface area contributed by atoms with Gasteiger partial charge in [0.1, 0.15) is 11.6 Å². The lowest BCUT2D eigenvalue weighted by Crippen LogP contribution is -2.27. The van der Waals surface area contributed by atoms with Crippen molar-refractivity contribution in [1.29, 1.82) is 0 Å². The fraction of sp³-hybridized carbons (Fsp3) is 0.211. The number of halogens is 1. The number of carbonyl (C=O) groups excluding carboxylic acids is 2. The molecular weight excluding hydrogens is 367 g/mol. The third kappa shape index (κ3) is 3.22. The average Bonchev–Trinajstić information content (AvgIpc) is 3.16. The topological polar surface area (TPSA) is 103 Å². The predicted molar refractivity (Wildman–Crippen MR) is 95.8 cm³/mol. The number of ketones is 1. The number of hydrogen-bond acceptors (Lipinski definition) is 7. The fourth-order valence-corrected chi connectivity index (χ4v) is 3.12. The normalized spacial score (nSPS) is 12.4. The number of Topliss-reactive ketones (excluding diaryl/α,β-unsaturated/α-hetero) is 1. The molecule has 8 nitrogen and oxygen atoms in total. The number of benzene rings is 1. The molecule has 0 atom stereocenters. The van der Waals surface area contributed by atoms with Crippen LogP contribution >= 0.6 is 0 Å². The van der Waals surface area contributed by atoms with Crippen LogP contribution < -0.4 is 14.8 Å². The first-order chi connectivity index (χ1) is 13.5. The minimum atomic E-state index is -0.808. The number of hydrogen-bond donors (Lipinski definition) is 1.